The number of aromatic nitrogens is 2. The molecular formula is C21H26ClN3OS. The van der Waals surface area contributed by atoms with Crippen molar-refractivity contribution < 1.29 is 0 Å². The van der Waals surface area contributed by atoms with Crippen molar-refractivity contribution in [2.24, 2.45) is 0 Å². The number of thiophene rings is 1. The van der Waals surface area contributed by atoms with Gasteiger partial charge < -0.3 is 4.90 Å². The van der Waals surface area contributed by atoms with E-state index >= 15 is 0 Å². The van der Waals surface area contributed by atoms with E-state index < -0.39 is 0 Å². The predicted octanol–water partition coefficient (Wildman–Crippen LogP) is 4.99. The molecule has 3 rings (SSSR count). The van der Waals surface area contributed by atoms with Gasteiger partial charge in [0, 0.05) is 35.0 Å². The molecule has 6 heteroatoms. The monoisotopic (exact) mass is 403 g/mol. The summed E-state index contributed by atoms with van der Waals surface area (Å²) in [7, 11) is 0. The van der Waals surface area contributed by atoms with Gasteiger partial charge in [-0.05, 0) is 37.7 Å². The summed E-state index contributed by atoms with van der Waals surface area (Å²) in [6.45, 7) is 11.9. The highest BCUT2D eigenvalue weighted by molar-refractivity contribution is 7.19. The van der Waals surface area contributed by atoms with Crippen molar-refractivity contribution in [2.45, 2.75) is 40.7 Å². The summed E-state index contributed by atoms with van der Waals surface area (Å²) in [4.78, 5) is 22.6. The third-order valence-corrected chi connectivity index (χ3v) is 6.30. The molecular weight excluding hydrogens is 378 g/mol. The summed E-state index contributed by atoms with van der Waals surface area (Å²) in [5, 5.41) is 1.43. The maximum atomic E-state index is 13.5. The van der Waals surface area contributed by atoms with Crippen LogP contribution in [0.5, 0.6) is 0 Å². The lowest BCUT2D eigenvalue weighted by atomic mass is 10.0. The second kappa shape index (κ2) is 8.55. The fourth-order valence-electron chi connectivity index (χ4n) is 3.48. The van der Waals surface area contributed by atoms with E-state index in [1.54, 1.807) is 11.3 Å². The standard InChI is InChI=1S/C21H26ClN3OS/c1-5-17-23-20-19(21(26)25(17)13-12-24(6-2)7-3)18(14(4)27-20)15-8-10-16(22)11-9-15/h8-11H,5-7,12-13H2,1-4H3. The summed E-state index contributed by atoms with van der Waals surface area (Å²) in [5.41, 5.74) is 2.07. The molecule has 3 aromatic rings. The van der Waals surface area contributed by atoms with E-state index in [2.05, 4.69) is 32.6 Å². The number of rotatable bonds is 7. The van der Waals surface area contributed by atoms with Gasteiger partial charge in [-0.25, -0.2) is 4.98 Å². The Labute approximate surface area is 169 Å². The average molecular weight is 404 g/mol. The number of fused-ring (bicyclic) bond motifs is 1. The molecule has 0 saturated carbocycles. The summed E-state index contributed by atoms with van der Waals surface area (Å²) in [6, 6.07) is 7.69. The van der Waals surface area contributed by atoms with Crippen molar-refractivity contribution in [3.8, 4) is 11.1 Å². The molecule has 0 fully saturated rings. The number of hydrogen-bond donors (Lipinski definition) is 0. The molecule has 0 bridgehead atoms. The van der Waals surface area contributed by atoms with Gasteiger partial charge in [0.2, 0.25) is 0 Å². The number of benzene rings is 1. The second-order valence-electron chi connectivity index (χ2n) is 6.59. The van der Waals surface area contributed by atoms with Gasteiger partial charge in [0.1, 0.15) is 10.7 Å². The Bertz CT molecular complexity index is 987. The predicted molar refractivity (Wildman–Crippen MR) is 116 cm³/mol. The number of nitrogens with zero attached hydrogens (tertiary/aromatic N) is 3. The van der Waals surface area contributed by atoms with E-state index in [0.717, 1.165) is 58.1 Å². The first-order chi connectivity index (χ1) is 13.0. The molecule has 0 spiro atoms. The van der Waals surface area contributed by atoms with Crippen LogP contribution in [0.1, 0.15) is 31.5 Å². The van der Waals surface area contributed by atoms with E-state index in [4.69, 9.17) is 16.6 Å². The molecule has 1 aromatic carbocycles. The van der Waals surface area contributed by atoms with Crippen LogP contribution < -0.4 is 5.56 Å². The quantitative estimate of drug-likeness (QED) is 0.557. The van der Waals surface area contributed by atoms with Gasteiger partial charge in [-0.1, -0.05) is 44.5 Å². The van der Waals surface area contributed by atoms with Crippen molar-refractivity contribution >= 4 is 33.2 Å². The Morgan fingerprint density at radius 3 is 2.41 bits per heavy atom. The van der Waals surface area contributed by atoms with Crippen LogP contribution >= 0.6 is 22.9 Å². The first-order valence-corrected chi connectivity index (χ1v) is 10.7. The van der Waals surface area contributed by atoms with Gasteiger partial charge in [0.15, 0.2) is 0 Å². The first kappa shape index (κ1) is 20.1. The van der Waals surface area contributed by atoms with Crippen LogP contribution in [0.3, 0.4) is 0 Å². The normalized spacial score (nSPS) is 11.6. The van der Waals surface area contributed by atoms with Gasteiger partial charge in [-0.15, -0.1) is 11.3 Å². The van der Waals surface area contributed by atoms with Gasteiger partial charge >= 0.3 is 0 Å². The van der Waals surface area contributed by atoms with Gasteiger partial charge in [0.25, 0.3) is 5.56 Å². The molecule has 0 aliphatic carbocycles. The molecule has 0 radical (unpaired) electrons. The van der Waals surface area contributed by atoms with E-state index in [1.165, 1.54) is 0 Å². The SMILES string of the molecule is CCc1nc2sc(C)c(-c3ccc(Cl)cc3)c2c(=O)n1CCN(CC)CC. The second-order valence-corrected chi connectivity index (χ2v) is 8.23. The molecule has 2 aromatic heterocycles. The molecule has 2 heterocycles. The van der Waals surface area contributed by atoms with Crippen LogP contribution in [0.25, 0.3) is 21.3 Å². The molecule has 0 aliphatic rings. The molecule has 144 valence electrons. The molecule has 0 aliphatic heterocycles. The van der Waals surface area contributed by atoms with E-state index in [0.29, 0.717) is 11.6 Å². The fourth-order valence-corrected chi connectivity index (χ4v) is 4.66. The van der Waals surface area contributed by atoms with Crippen LogP contribution in [0, 0.1) is 6.92 Å². The minimum atomic E-state index is 0.0679. The van der Waals surface area contributed by atoms with Crippen LogP contribution in [0.15, 0.2) is 29.1 Å². The van der Waals surface area contributed by atoms with Gasteiger partial charge in [-0.3, -0.25) is 9.36 Å². The third-order valence-electron chi connectivity index (χ3n) is 5.05. The number of hydrogen-bond acceptors (Lipinski definition) is 4. The summed E-state index contributed by atoms with van der Waals surface area (Å²) >= 11 is 7.64. The average Bonchev–Trinajstić information content (AvgIpc) is 3.00. The van der Waals surface area contributed by atoms with Crippen LogP contribution in [-0.4, -0.2) is 34.1 Å². The zero-order chi connectivity index (χ0) is 19.6. The van der Waals surface area contributed by atoms with Crippen LogP contribution in [0.2, 0.25) is 5.02 Å². The summed E-state index contributed by atoms with van der Waals surface area (Å²) < 4.78 is 1.87. The molecule has 0 atom stereocenters. The van der Waals surface area contributed by atoms with Crippen molar-refractivity contribution in [3.63, 3.8) is 0 Å². The Morgan fingerprint density at radius 2 is 1.81 bits per heavy atom. The lowest BCUT2D eigenvalue weighted by Gasteiger charge is -2.19. The third kappa shape index (κ3) is 3.96. The lowest BCUT2D eigenvalue weighted by molar-refractivity contribution is 0.287. The maximum Gasteiger partial charge on any atom is 0.262 e. The molecule has 0 amide bonds. The largest absolute Gasteiger partial charge is 0.302 e. The van der Waals surface area contributed by atoms with E-state index in [1.807, 2.05) is 28.8 Å². The lowest BCUT2D eigenvalue weighted by Crippen LogP contribution is -2.33. The smallest absolute Gasteiger partial charge is 0.262 e. The van der Waals surface area contributed by atoms with Crippen molar-refractivity contribution in [1.82, 2.24) is 14.5 Å². The molecule has 0 saturated heterocycles. The maximum absolute atomic E-state index is 13.5. The minimum Gasteiger partial charge on any atom is -0.302 e. The van der Waals surface area contributed by atoms with E-state index in [-0.39, 0.29) is 5.56 Å². The summed E-state index contributed by atoms with van der Waals surface area (Å²) in [5.74, 6) is 0.864. The molecule has 0 unspecified atom stereocenters. The highest BCUT2D eigenvalue weighted by Crippen LogP contribution is 2.36. The number of likely N-dealkylation sites (N-methyl/N-ethyl adjacent to an activating group) is 1. The molecule has 4 nitrogen and oxygen atoms in total. The van der Waals surface area contributed by atoms with Crippen LogP contribution in [-0.2, 0) is 13.0 Å². The zero-order valence-electron chi connectivity index (χ0n) is 16.4. The molecule has 27 heavy (non-hydrogen) atoms. The summed E-state index contributed by atoms with van der Waals surface area (Å²) in [6.07, 6.45) is 0.747. The Hall–Kier alpha value is -1.69. The van der Waals surface area contributed by atoms with Crippen LogP contribution in [0.4, 0.5) is 0 Å². The topological polar surface area (TPSA) is 38.1 Å². The van der Waals surface area contributed by atoms with Gasteiger partial charge in [0.05, 0.1) is 5.39 Å². The highest BCUT2D eigenvalue weighted by Gasteiger charge is 2.19. The fraction of sp³-hybridized carbons (Fsp3) is 0.429. The van der Waals surface area contributed by atoms with E-state index in [9.17, 15) is 4.79 Å². The molecule has 0 N–H and O–H groups in total. The van der Waals surface area contributed by atoms with Crippen molar-refractivity contribution in [2.75, 3.05) is 19.6 Å². The Morgan fingerprint density at radius 1 is 1.15 bits per heavy atom. The highest BCUT2D eigenvalue weighted by atomic mass is 35.5. The first-order valence-electron chi connectivity index (χ1n) is 9.51. The zero-order valence-corrected chi connectivity index (χ0v) is 18.0. The van der Waals surface area contributed by atoms with Crippen molar-refractivity contribution in [1.29, 1.82) is 0 Å². The van der Waals surface area contributed by atoms with Gasteiger partial charge in [-0.2, -0.15) is 0 Å². The number of halogens is 1. The Balaban J connectivity index is 2.16. The minimum absolute atomic E-state index is 0.0679. The van der Waals surface area contributed by atoms with Crippen molar-refractivity contribution in [3.05, 3.63) is 50.3 Å². The number of aryl methyl sites for hydroxylation is 2. The Kier molecular flexibility index (Phi) is 6.35.